The third-order valence-electron chi connectivity index (χ3n) is 4.87. The molecule has 0 bridgehead atoms. The molecule has 1 amide bonds. The molecule has 0 saturated carbocycles. The molecular formula is C21H26N2O3S. The Labute approximate surface area is 161 Å². The number of rotatable bonds is 5. The summed E-state index contributed by atoms with van der Waals surface area (Å²) >= 11 is 0. The molecule has 0 spiro atoms. The van der Waals surface area contributed by atoms with Gasteiger partial charge in [-0.3, -0.25) is 9.10 Å². The van der Waals surface area contributed by atoms with E-state index in [9.17, 15) is 13.2 Å². The Morgan fingerprint density at radius 1 is 0.926 bits per heavy atom. The first-order chi connectivity index (χ1) is 13.0. The van der Waals surface area contributed by atoms with Crippen LogP contribution >= 0.6 is 0 Å². The van der Waals surface area contributed by atoms with Crippen LogP contribution in [0.2, 0.25) is 0 Å². The number of hydrogen-bond donors (Lipinski definition) is 0. The average Bonchev–Trinajstić information content (AvgIpc) is 2.95. The molecule has 1 aliphatic heterocycles. The van der Waals surface area contributed by atoms with Gasteiger partial charge < -0.3 is 4.90 Å². The summed E-state index contributed by atoms with van der Waals surface area (Å²) < 4.78 is 26.4. The summed E-state index contributed by atoms with van der Waals surface area (Å²) in [6, 6.07) is 16.4. The van der Waals surface area contributed by atoms with E-state index < -0.39 is 10.0 Å². The summed E-state index contributed by atoms with van der Waals surface area (Å²) in [5, 5.41) is 0. The maximum atomic E-state index is 13.2. The predicted molar refractivity (Wildman–Crippen MR) is 108 cm³/mol. The second-order valence-electron chi connectivity index (χ2n) is 6.98. The number of anilines is 1. The number of carbonyl (C=O) groups is 1. The van der Waals surface area contributed by atoms with Gasteiger partial charge in [0.2, 0.25) is 10.0 Å². The summed E-state index contributed by atoms with van der Waals surface area (Å²) in [5.41, 5.74) is 1.76. The van der Waals surface area contributed by atoms with E-state index in [0.29, 0.717) is 11.3 Å². The number of nitrogens with zero attached hydrogens (tertiary/aromatic N) is 2. The Balaban J connectivity index is 1.97. The van der Waals surface area contributed by atoms with Gasteiger partial charge in [-0.15, -0.1) is 0 Å². The van der Waals surface area contributed by atoms with Crippen LogP contribution in [0.3, 0.4) is 0 Å². The van der Waals surface area contributed by atoms with Gasteiger partial charge in [0.15, 0.2) is 0 Å². The quantitative estimate of drug-likeness (QED) is 0.788. The van der Waals surface area contributed by atoms with Crippen molar-refractivity contribution < 1.29 is 13.2 Å². The van der Waals surface area contributed by atoms with Crippen molar-refractivity contribution in [2.45, 2.75) is 32.2 Å². The summed E-state index contributed by atoms with van der Waals surface area (Å²) in [4.78, 5) is 15.0. The summed E-state index contributed by atoms with van der Waals surface area (Å²) in [7, 11) is -3.55. The monoisotopic (exact) mass is 386 g/mol. The second-order valence-corrected chi connectivity index (χ2v) is 8.89. The van der Waals surface area contributed by atoms with Gasteiger partial charge in [-0.25, -0.2) is 8.42 Å². The molecule has 0 unspecified atom stereocenters. The maximum absolute atomic E-state index is 13.2. The zero-order valence-corrected chi connectivity index (χ0v) is 16.5. The van der Waals surface area contributed by atoms with Gasteiger partial charge >= 0.3 is 0 Å². The third kappa shape index (κ3) is 4.89. The molecule has 5 nitrogen and oxygen atoms in total. The van der Waals surface area contributed by atoms with Crippen molar-refractivity contribution in [3.05, 3.63) is 65.7 Å². The second kappa shape index (κ2) is 8.57. The molecule has 1 heterocycles. The maximum Gasteiger partial charge on any atom is 0.255 e. The lowest BCUT2D eigenvalue weighted by Gasteiger charge is -2.27. The van der Waals surface area contributed by atoms with Crippen molar-refractivity contribution in [2.24, 2.45) is 0 Å². The van der Waals surface area contributed by atoms with E-state index in [1.54, 1.807) is 24.3 Å². The first kappa shape index (κ1) is 19.4. The van der Waals surface area contributed by atoms with E-state index in [-0.39, 0.29) is 12.5 Å². The fourth-order valence-electron chi connectivity index (χ4n) is 3.45. The van der Waals surface area contributed by atoms with Crippen LogP contribution in [0.5, 0.6) is 0 Å². The topological polar surface area (TPSA) is 57.7 Å². The fourth-order valence-corrected chi connectivity index (χ4v) is 4.35. The van der Waals surface area contributed by atoms with Crippen molar-refractivity contribution in [1.29, 1.82) is 0 Å². The lowest BCUT2D eigenvalue weighted by Crippen LogP contribution is -2.35. The van der Waals surface area contributed by atoms with Crippen molar-refractivity contribution in [3.8, 4) is 0 Å². The van der Waals surface area contributed by atoms with Crippen LogP contribution in [0.1, 0.15) is 41.6 Å². The highest BCUT2D eigenvalue weighted by Gasteiger charge is 2.26. The zero-order chi connectivity index (χ0) is 19.3. The molecule has 3 rings (SSSR count). The summed E-state index contributed by atoms with van der Waals surface area (Å²) in [6.45, 7) is 1.65. The minimum absolute atomic E-state index is 0.0887. The van der Waals surface area contributed by atoms with Gasteiger partial charge in [-0.05, 0) is 30.5 Å². The number of benzene rings is 2. The predicted octanol–water partition coefficient (Wildman–Crippen LogP) is 3.67. The van der Waals surface area contributed by atoms with Crippen molar-refractivity contribution >= 4 is 21.6 Å². The number of sulfonamides is 1. The molecule has 6 heteroatoms. The van der Waals surface area contributed by atoms with Crippen LogP contribution < -0.4 is 4.31 Å². The molecule has 2 aromatic carbocycles. The molecule has 1 fully saturated rings. The molecule has 0 radical (unpaired) electrons. The standard InChI is InChI=1S/C21H26N2O3S/c1-27(25,26)23(17-18-11-5-4-6-12-18)20-14-8-7-13-19(20)21(24)22-15-9-2-3-10-16-22/h4-8,11-14H,2-3,9-10,15-17H2,1H3. The smallest absolute Gasteiger partial charge is 0.255 e. The van der Waals surface area contributed by atoms with Crippen LogP contribution in [0, 0.1) is 0 Å². The molecule has 0 atom stereocenters. The molecule has 2 aromatic rings. The van der Waals surface area contributed by atoms with Gasteiger partial charge in [0, 0.05) is 13.1 Å². The first-order valence-electron chi connectivity index (χ1n) is 9.37. The Bertz CT molecular complexity index is 873. The Morgan fingerprint density at radius 3 is 2.15 bits per heavy atom. The number of amides is 1. The van der Waals surface area contributed by atoms with E-state index in [2.05, 4.69) is 0 Å². The van der Waals surface area contributed by atoms with Crippen LogP contribution in [0.4, 0.5) is 5.69 Å². The largest absolute Gasteiger partial charge is 0.339 e. The van der Waals surface area contributed by atoms with Crippen molar-refractivity contribution in [2.75, 3.05) is 23.7 Å². The molecule has 144 valence electrons. The molecular weight excluding hydrogens is 360 g/mol. The van der Waals surface area contributed by atoms with Gasteiger partial charge in [0.05, 0.1) is 24.1 Å². The highest BCUT2D eigenvalue weighted by molar-refractivity contribution is 7.92. The van der Waals surface area contributed by atoms with E-state index in [1.807, 2.05) is 35.2 Å². The summed E-state index contributed by atoms with van der Waals surface area (Å²) in [5.74, 6) is -0.0887. The Kier molecular flexibility index (Phi) is 6.16. The molecule has 0 N–H and O–H groups in total. The van der Waals surface area contributed by atoms with Crippen LogP contribution in [0.25, 0.3) is 0 Å². The van der Waals surface area contributed by atoms with Crippen molar-refractivity contribution in [1.82, 2.24) is 4.90 Å². The Morgan fingerprint density at radius 2 is 1.52 bits per heavy atom. The van der Waals surface area contributed by atoms with Crippen molar-refractivity contribution in [3.63, 3.8) is 0 Å². The minimum Gasteiger partial charge on any atom is -0.339 e. The van der Waals surface area contributed by atoms with E-state index >= 15 is 0 Å². The number of para-hydroxylation sites is 1. The number of hydrogen-bond acceptors (Lipinski definition) is 3. The third-order valence-corrected chi connectivity index (χ3v) is 5.99. The van der Waals surface area contributed by atoms with Crippen LogP contribution in [0.15, 0.2) is 54.6 Å². The minimum atomic E-state index is -3.55. The normalized spacial score (nSPS) is 15.2. The Hall–Kier alpha value is -2.34. The van der Waals surface area contributed by atoms with E-state index in [0.717, 1.165) is 44.3 Å². The molecule has 1 saturated heterocycles. The van der Waals surface area contributed by atoms with Crippen LogP contribution in [-0.2, 0) is 16.6 Å². The molecule has 1 aliphatic rings. The molecule has 0 aliphatic carbocycles. The highest BCUT2D eigenvalue weighted by atomic mass is 32.2. The lowest BCUT2D eigenvalue weighted by molar-refractivity contribution is 0.0762. The van der Waals surface area contributed by atoms with Gasteiger partial charge in [0.1, 0.15) is 0 Å². The lowest BCUT2D eigenvalue weighted by atomic mass is 10.1. The van der Waals surface area contributed by atoms with Crippen LogP contribution in [-0.4, -0.2) is 38.6 Å². The number of likely N-dealkylation sites (tertiary alicyclic amines) is 1. The molecule has 27 heavy (non-hydrogen) atoms. The fraction of sp³-hybridized carbons (Fsp3) is 0.381. The van der Waals surface area contributed by atoms with Gasteiger partial charge in [0.25, 0.3) is 5.91 Å². The summed E-state index contributed by atoms with van der Waals surface area (Å²) in [6.07, 6.45) is 5.44. The number of carbonyl (C=O) groups excluding carboxylic acids is 1. The SMILES string of the molecule is CS(=O)(=O)N(Cc1ccccc1)c1ccccc1C(=O)N1CCCCCC1. The molecule has 0 aromatic heterocycles. The van der Waals surface area contributed by atoms with Gasteiger partial charge in [-0.1, -0.05) is 55.3 Å². The zero-order valence-electron chi connectivity index (χ0n) is 15.7. The average molecular weight is 387 g/mol. The van der Waals surface area contributed by atoms with E-state index in [1.165, 1.54) is 10.6 Å². The van der Waals surface area contributed by atoms with Gasteiger partial charge in [-0.2, -0.15) is 0 Å². The first-order valence-corrected chi connectivity index (χ1v) is 11.2. The van der Waals surface area contributed by atoms with E-state index in [4.69, 9.17) is 0 Å². The highest BCUT2D eigenvalue weighted by Crippen LogP contribution is 2.27.